The Balaban J connectivity index is 1.40. The lowest BCUT2D eigenvalue weighted by Gasteiger charge is -2.25. The molecule has 0 radical (unpaired) electrons. The number of nitrogens with zero attached hydrogens (tertiary/aromatic N) is 1. The van der Waals surface area contributed by atoms with E-state index in [1.165, 1.54) is 62.1 Å². The molecule has 37 heavy (non-hydrogen) atoms. The summed E-state index contributed by atoms with van der Waals surface area (Å²) in [5, 5.41) is 1.39. The second-order valence-electron chi connectivity index (χ2n) is 10.4. The number of allylic oxidation sites excluding steroid dienone is 3. The van der Waals surface area contributed by atoms with Crippen LogP contribution in [0.4, 0.5) is 0 Å². The molecule has 0 spiro atoms. The molecule has 0 bridgehead atoms. The van der Waals surface area contributed by atoms with Crippen LogP contribution < -0.4 is 0 Å². The van der Waals surface area contributed by atoms with Crippen molar-refractivity contribution in [3.63, 3.8) is 0 Å². The van der Waals surface area contributed by atoms with Crippen LogP contribution in [0.15, 0.2) is 115 Å². The summed E-state index contributed by atoms with van der Waals surface area (Å²) in [6.45, 7) is 0. The van der Waals surface area contributed by atoms with Crippen molar-refractivity contribution >= 4 is 22.6 Å². The molecule has 2 aliphatic carbocycles. The van der Waals surface area contributed by atoms with E-state index >= 15 is 0 Å². The molecule has 0 amide bonds. The summed E-state index contributed by atoms with van der Waals surface area (Å²) in [7, 11) is 0. The van der Waals surface area contributed by atoms with E-state index in [1.54, 1.807) is 0 Å². The Kier molecular flexibility index (Phi) is 5.63. The van der Waals surface area contributed by atoms with Crippen LogP contribution in [0.5, 0.6) is 0 Å². The minimum Gasteiger partial charge on any atom is -0.313 e. The summed E-state index contributed by atoms with van der Waals surface area (Å²) in [4.78, 5) is 0. The molecule has 7 rings (SSSR count). The largest absolute Gasteiger partial charge is 0.313 e. The van der Waals surface area contributed by atoms with Gasteiger partial charge in [0.25, 0.3) is 0 Å². The van der Waals surface area contributed by atoms with E-state index < -0.39 is 0 Å². The van der Waals surface area contributed by atoms with Crippen LogP contribution in [-0.4, -0.2) is 4.57 Å². The Labute approximate surface area is 219 Å². The van der Waals surface area contributed by atoms with Gasteiger partial charge in [0.2, 0.25) is 0 Å². The van der Waals surface area contributed by atoms with E-state index in [4.69, 9.17) is 0 Å². The van der Waals surface area contributed by atoms with E-state index in [9.17, 15) is 0 Å². The fourth-order valence-corrected chi connectivity index (χ4v) is 6.43. The van der Waals surface area contributed by atoms with E-state index in [1.807, 2.05) is 0 Å². The first kappa shape index (κ1) is 22.1. The number of hydrogen-bond donors (Lipinski definition) is 0. The van der Waals surface area contributed by atoms with Gasteiger partial charge in [-0.15, -0.1) is 0 Å². The van der Waals surface area contributed by atoms with Crippen LogP contribution in [0, 0.1) is 0 Å². The fraction of sp³-hybridized carbons (Fsp3) is 0.167. The average Bonchev–Trinajstić information content (AvgIpc) is 3.33. The summed E-state index contributed by atoms with van der Waals surface area (Å²) < 4.78 is 2.59. The monoisotopic (exact) mass is 477 g/mol. The summed E-state index contributed by atoms with van der Waals surface area (Å²) in [5.74, 6) is 0.514. The topological polar surface area (TPSA) is 4.93 Å². The predicted molar refractivity (Wildman–Crippen MR) is 157 cm³/mol. The summed E-state index contributed by atoms with van der Waals surface area (Å²) in [6, 6.07) is 37.8. The number of rotatable bonds is 4. The maximum atomic E-state index is 2.59. The third-order valence-corrected chi connectivity index (χ3v) is 8.16. The Morgan fingerprint density at radius 3 is 2.27 bits per heavy atom. The molecule has 0 fully saturated rings. The van der Waals surface area contributed by atoms with Gasteiger partial charge in [0.1, 0.15) is 0 Å². The SMILES string of the molecule is C1=Cc2c(n(-c3cccc(-c4ccccc4)c3)c3c(C4CCC=C(c5ccccc5)C4)cccc23)CC1. The molecule has 5 aromatic rings. The molecule has 0 aliphatic heterocycles. The number of para-hydroxylation sites is 1. The number of benzene rings is 4. The predicted octanol–water partition coefficient (Wildman–Crippen LogP) is 9.61. The van der Waals surface area contributed by atoms with Gasteiger partial charge in [-0.3, -0.25) is 0 Å². The van der Waals surface area contributed by atoms with Gasteiger partial charge in [-0.2, -0.15) is 0 Å². The van der Waals surface area contributed by atoms with E-state index in [-0.39, 0.29) is 0 Å². The molecule has 1 atom stereocenters. The molecule has 0 N–H and O–H groups in total. The first-order valence-electron chi connectivity index (χ1n) is 13.6. The van der Waals surface area contributed by atoms with Crippen LogP contribution in [0.2, 0.25) is 0 Å². The van der Waals surface area contributed by atoms with Crippen LogP contribution in [0.25, 0.3) is 39.4 Å². The van der Waals surface area contributed by atoms with Gasteiger partial charge in [-0.1, -0.05) is 109 Å². The fourth-order valence-electron chi connectivity index (χ4n) is 6.43. The minimum atomic E-state index is 0.514. The smallest absolute Gasteiger partial charge is 0.0572 e. The molecule has 1 aromatic heterocycles. The average molecular weight is 478 g/mol. The summed E-state index contributed by atoms with van der Waals surface area (Å²) in [5.41, 5.74) is 12.4. The molecule has 2 aliphatic rings. The standard InChI is InChI=1S/C36H31N/c1-3-12-26(13-4-1)28-16-9-18-30(24-28)32-21-11-22-34-33-20-7-8-23-35(33)37(36(32)34)31-19-10-17-29(25-31)27-14-5-2-6-15-27/h1-7,10-17,19-22,25,30H,8-9,18,23-24H2. The molecule has 0 saturated heterocycles. The van der Waals surface area contributed by atoms with Gasteiger partial charge >= 0.3 is 0 Å². The highest BCUT2D eigenvalue weighted by Crippen LogP contribution is 2.43. The third-order valence-electron chi connectivity index (χ3n) is 8.16. The van der Waals surface area contributed by atoms with Gasteiger partial charge in [-0.25, -0.2) is 0 Å². The van der Waals surface area contributed by atoms with Crippen molar-refractivity contribution in [2.75, 3.05) is 0 Å². The van der Waals surface area contributed by atoms with Crippen molar-refractivity contribution in [1.29, 1.82) is 0 Å². The van der Waals surface area contributed by atoms with Crippen molar-refractivity contribution in [3.05, 3.63) is 138 Å². The molecular formula is C36H31N. The van der Waals surface area contributed by atoms with Crippen molar-refractivity contribution in [3.8, 4) is 16.8 Å². The van der Waals surface area contributed by atoms with Crippen molar-refractivity contribution in [2.45, 2.75) is 38.0 Å². The highest BCUT2D eigenvalue weighted by molar-refractivity contribution is 5.96. The first-order chi connectivity index (χ1) is 18.4. The lowest BCUT2D eigenvalue weighted by atomic mass is 9.81. The maximum absolute atomic E-state index is 2.59. The van der Waals surface area contributed by atoms with Gasteiger partial charge < -0.3 is 4.57 Å². The normalized spacial score (nSPS) is 17.0. The Bertz CT molecular complexity index is 1630. The highest BCUT2D eigenvalue weighted by Gasteiger charge is 2.26. The van der Waals surface area contributed by atoms with Gasteiger partial charge in [0, 0.05) is 22.3 Å². The second-order valence-corrected chi connectivity index (χ2v) is 10.4. The van der Waals surface area contributed by atoms with Crippen molar-refractivity contribution in [1.82, 2.24) is 4.57 Å². The summed E-state index contributed by atoms with van der Waals surface area (Å²) >= 11 is 0. The number of aromatic nitrogens is 1. The van der Waals surface area contributed by atoms with Gasteiger partial charge in [0.15, 0.2) is 0 Å². The maximum Gasteiger partial charge on any atom is 0.0572 e. The second kappa shape index (κ2) is 9.41. The lowest BCUT2D eigenvalue weighted by molar-refractivity contribution is 0.629. The zero-order valence-electron chi connectivity index (χ0n) is 21.1. The van der Waals surface area contributed by atoms with Crippen LogP contribution in [-0.2, 0) is 6.42 Å². The molecule has 0 saturated carbocycles. The quantitative estimate of drug-likeness (QED) is 0.243. The van der Waals surface area contributed by atoms with Gasteiger partial charge in [-0.05, 0) is 78.0 Å². The molecule has 180 valence electrons. The molecule has 1 nitrogen and oxygen atoms in total. The zero-order valence-corrected chi connectivity index (χ0v) is 21.1. The van der Waals surface area contributed by atoms with E-state index in [0.29, 0.717) is 5.92 Å². The Morgan fingerprint density at radius 1 is 0.676 bits per heavy atom. The molecule has 1 unspecified atom stereocenters. The molecule has 4 aromatic carbocycles. The third kappa shape index (κ3) is 3.96. The minimum absolute atomic E-state index is 0.514. The van der Waals surface area contributed by atoms with Crippen LogP contribution >= 0.6 is 0 Å². The lowest BCUT2D eigenvalue weighted by Crippen LogP contribution is -2.09. The number of fused-ring (bicyclic) bond motifs is 3. The molecular weight excluding hydrogens is 446 g/mol. The Hall–Kier alpha value is -4.10. The molecule has 1 heteroatoms. The van der Waals surface area contributed by atoms with Crippen molar-refractivity contribution < 1.29 is 0 Å². The first-order valence-corrected chi connectivity index (χ1v) is 13.6. The van der Waals surface area contributed by atoms with E-state index in [2.05, 4.69) is 126 Å². The van der Waals surface area contributed by atoms with Gasteiger partial charge in [0.05, 0.1) is 5.52 Å². The molecule has 1 heterocycles. The van der Waals surface area contributed by atoms with Crippen LogP contribution in [0.3, 0.4) is 0 Å². The van der Waals surface area contributed by atoms with E-state index in [0.717, 1.165) is 25.7 Å². The van der Waals surface area contributed by atoms with Crippen molar-refractivity contribution in [2.24, 2.45) is 0 Å². The summed E-state index contributed by atoms with van der Waals surface area (Å²) in [6.07, 6.45) is 12.8. The van der Waals surface area contributed by atoms with Crippen LogP contribution in [0.1, 0.15) is 54.0 Å². The Morgan fingerprint density at radius 2 is 1.43 bits per heavy atom. The highest BCUT2D eigenvalue weighted by atomic mass is 15.0. The number of hydrogen-bond acceptors (Lipinski definition) is 0. The zero-order chi connectivity index (χ0) is 24.6.